The van der Waals surface area contributed by atoms with Gasteiger partial charge in [0.2, 0.25) is 5.91 Å². The predicted octanol–water partition coefficient (Wildman–Crippen LogP) is 2.43. The van der Waals surface area contributed by atoms with Crippen LogP contribution in [0, 0.1) is 5.92 Å². The molecule has 2 atom stereocenters. The number of piperazine rings is 1. The van der Waals surface area contributed by atoms with Crippen molar-refractivity contribution >= 4 is 11.6 Å². The summed E-state index contributed by atoms with van der Waals surface area (Å²) in [5.41, 5.74) is 1.13. The summed E-state index contributed by atoms with van der Waals surface area (Å²) in [7, 11) is 0.500. The summed E-state index contributed by atoms with van der Waals surface area (Å²) in [6.07, 6.45) is 4.63. The molecule has 2 fully saturated rings. The van der Waals surface area contributed by atoms with Gasteiger partial charge < -0.3 is 9.80 Å². The summed E-state index contributed by atoms with van der Waals surface area (Å²) in [5, 5.41) is 0. The molecule has 3 rings (SSSR count). The normalized spacial score (nSPS) is 24.2. The number of pyridine rings is 1. The lowest BCUT2D eigenvalue weighted by Gasteiger charge is -2.42. The molecular weight excluding hydrogens is 319 g/mol. The lowest BCUT2D eigenvalue weighted by atomic mass is 10.0. The molecule has 0 spiro atoms. The molecule has 1 aromatic heterocycles. The minimum atomic E-state index is 0.132. The number of carbonyl (C=O) groups is 1. The van der Waals surface area contributed by atoms with Crippen LogP contribution < -0.4 is 4.90 Å². The maximum atomic E-state index is 12.9. The molecule has 0 N–H and O–H groups in total. The lowest BCUT2D eigenvalue weighted by Crippen LogP contribution is -2.56. The van der Waals surface area contributed by atoms with Gasteiger partial charge in [-0.2, -0.15) is 0 Å². The summed E-state index contributed by atoms with van der Waals surface area (Å²) < 4.78 is 9.50. The molecule has 25 heavy (non-hydrogen) atoms. The molecule has 2 saturated heterocycles. The molecule has 3 heterocycles. The Morgan fingerprint density at radius 2 is 2.00 bits per heavy atom. The van der Waals surface area contributed by atoms with Gasteiger partial charge in [0.05, 0.1) is 25.0 Å². The van der Waals surface area contributed by atoms with Gasteiger partial charge >= 0.3 is 0 Å². The van der Waals surface area contributed by atoms with E-state index in [2.05, 4.69) is 46.5 Å². The Balaban J connectivity index is 0.00000109. The summed E-state index contributed by atoms with van der Waals surface area (Å²) in [6.45, 7) is 11.2. The van der Waals surface area contributed by atoms with Crippen LogP contribution in [0.5, 0.6) is 0 Å². The van der Waals surface area contributed by atoms with Gasteiger partial charge in [-0.1, -0.05) is 0 Å². The van der Waals surface area contributed by atoms with E-state index in [0.717, 1.165) is 44.8 Å². The zero-order chi connectivity index (χ0) is 18.4. The standard InChI is InChI=1S/C18H28N4O.CH3F/c1-14(2)22-10-9-21(12-15(22)3)18(23)16-6-8-20(13-16)17-5-4-7-19-11-17;1-2/h4-5,7,11,14-16H,6,8-10,12-13H2,1-3H3;1H3/t15-,16-;/m0./s1. The van der Waals surface area contributed by atoms with Crippen LogP contribution in [0.25, 0.3) is 0 Å². The topological polar surface area (TPSA) is 39.7 Å². The van der Waals surface area contributed by atoms with Crippen molar-refractivity contribution in [1.82, 2.24) is 14.8 Å². The molecular formula is C19H31FN4O. The SMILES string of the molecule is CC(C)N1CCN(C(=O)[C@H]2CCN(c3cccnc3)C2)C[C@@H]1C.CF. The summed E-state index contributed by atoms with van der Waals surface area (Å²) in [4.78, 5) is 23.9. The maximum absolute atomic E-state index is 12.9. The number of aromatic nitrogens is 1. The quantitative estimate of drug-likeness (QED) is 0.839. The van der Waals surface area contributed by atoms with Crippen LogP contribution >= 0.6 is 0 Å². The first-order valence-corrected chi connectivity index (χ1v) is 9.13. The van der Waals surface area contributed by atoms with Gasteiger partial charge in [0.1, 0.15) is 0 Å². The fraction of sp³-hybridized carbons (Fsp3) is 0.684. The van der Waals surface area contributed by atoms with Crippen LogP contribution in [-0.2, 0) is 4.79 Å². The third kappa shape index (κ3) is 4.69. The van der Waals surface area contributed by atoms with Gasteiger partial charge in [0.15, 0.2) is 0 Å². The molecule has 6 heteroatoms. The van der Waals surface area contributed by atoms with E-state index in [4.69, 9.17) is 0 Å². The molecule has 1 aromatic rings. The lowest BCUT2D eigenvalue weighted by molar-refractivity contribution is -0.138. The van der Waals surface area contributed by atoms with Gasteiger partial charge in [0.25, 0.3) is 0 Å². The fourth-order valence-electron chi connectivity index (χ4n) is 3.93. The second-order valence-electron chi connectivity index (χ2n) is 7.11. The molecule has 0 aliphatic carbocycles. The molecule has 1 amide bonds. The van der Waals surface area contributed by atoms with Crippen LogP contribution in [0.4, 0.5) is 10.1 Å². The smallest absolute Gasteiger partial charge is 0.227 e. The fourth-order valence-corrected chi connectivity index (χ4v) is 3.93. The molecule has 2 aliphatic heterocycles. The van der Waals surface area contributed by atoms with Crippen LogP contribution in [0.2, 0.25) is 0 Å². The van der Waals surface area contributed by atoms with Crippen molar-refractivity contribution in [3.05, 3.63) is 24.5 Å². The minimum Gasteiger partial charge on any atom is -0.369 e. The summed E-state index contributed by atoms with van der Waals surface area (Å²) in [6, 6.07) is 5.03. The largest absolute Gasteiger partial charge is 0.369 e. The summed E-state index contributed by atoms with van der Waals surface area (Å²) in [5.74, 6) is 0.472. The Hall–Kier alpha value is -1.69. The van der Waals surface area contributed by atoms with E-state index < -0.39 is 0 Å². The van der Waals surface area contributed by atoms with Crippen molar-refractivity contribution in [2.75, 3.05) is 44.8 Å². The molecule has 140 valence electrons. The second-order valence-corrected chi connectivity index (χ2v) is 7.11. The van der Waals surface area contributed by atoms with Gasteiger partial charge in [-0.25, -0.2) is 0 Å². The highest BCUT2D eigenvalue weighted by Crippen LogP contribution is 2.25. The average molecular weight is 350 g/mol. The number of carbonyl (C=O) groups excluding carboxylic acids is 1. The Morgan fingerprint density at radius 3 is 2.60 bits per heavy atom. The second kappa shape index (κ2) is 9.13. The molecule has 0 unspecified atom stereocenters. The Labute approximate surface area is 150 Å². The summed E-state index contributed by atoms with van der Waals surface area (Å²) >= 11 is 0. The van der Waals surface area contributed by atoms with E-state index in [1.54, 1.807) is 6.20 Å². The first kappa shape index (κ1) is 19.6. The number of hydrogen-bond donors (Lipinski definition) is 0. The van der Waals surface area contributed by atoms with Crippen molar-refractivity contribution in [2.24, 2.45) is 5.92 Å². The highest BCUT2D eigenvalue weighted by Gasteiger charge is 2.35. The van der Waals surface area contributed by atoms with Crippen molar-refractivity contribution in [2.45, 2.75) is 39.3 Å². The van der Waals surface area contributed by atoms with Crippen molar-refractivity contribution in [1.29, 1.82) is 0 Å². The Bertz CT molecular complexity index is 539. The zero-order valence-electron chi connectivity index (χ0n) is 15.9. The van der Waals surface area contributed by atoms with Crippen molar-refractivity contribution in [3.63, 3.8) is 0 Å². The molecule has 0 saturated carbocycles. The van der Waals surface area contributed by atoms with E-state index in [1.807, 2.05) is 12.3 Å². The average Bonchev–Trinajstić information content (AvgIpc) is 3.13. The maximum Gasteiger partial charge on any atom is 0.227 e. The third-order valence-corrected chi connectivity index (χ3v) is 5.20. The van der Waals surface area contributed by atoms with E-state index in [1.165, 1.54) is 0 Å². The predicted molar refractivity (Wildman–Crippen MR) is 99.5 cm³/mol. The number of alkyl halides is 1. The number of anilines is 1. The highest BCUT2D eigenvalue weighted by atomic mass is 19.1. The number of hydrogen-bond acceptors (Lipinski definition) is 4. The van der Waals surface area contributed by atoms with E-state index in [9.17, 15) is 9.18 Å². The molecule has 0 bridgehead atoms. The number of nitrogens with zero attached hydrogens (tertiary/aromatic N) is 4. The number of halogens is 1. The van der Waals surface area contributed by atoms with Crippen LogP contribution in [0.3, 0.4) is 0 Å². The van der Waals surface area contributed by atoms with Gasteiger partial charge in [0, 0.05) is 51.0 Å². The first-order valence-electron chi connectivity index (χ1n) is 9.13. The molecule has 5 nitrogen and oxygen atoms in total. The van der Waals surface area contributed by atoms with Gasteiger partial charge in [-0.05, 0) is 39.3 Å². The van der Waals surface area contributed by atoms with Crippen LogP contribution in [0.15, 0.2) is 24.5 Å². The Morgan fingerprint density at radius 1 is 1.24 bits per heavy atom. The van der Waals surface area contributed by atoms with Crippen molar-refractivity contribution < 1.29 is 9.18 Å². The zero-order valence-corrected chi connectivity index (χ0v) is 15.9. The first-order chi connectivity index (χ1) is 12.1. The van der Waals surface area contributed by atoms with E-state index >= 15 is 0 Å². The third-order valence-electron chi connectivity index (χ3n) is 5.20. The number of rotatable bonds is 3. The monoisotopic (exact) mass is 350 g/mol. The highest BCUT2D eigenvalue weighted by molar-refractivity contribution is 5.80. The molecule has 0 aromatic carbocycles. The number of amides is 1. The van der Waals surface area contributed by atoms with E-state index in [0.29, 0.717) is 25.2 Å². The molecule has 0 radical (unpaired) electrons. The van der Waals surface area contributed by atoms with E-state index in [-0.39, 0.29) is 5.92 Å². The van der Waals surface area contributed by atoms with Gasteiger partial charge in [-0.3, -0.25) is 19.1 Å². The van der Waals surface area contributed by atoms with Crippen LogP contribution in [-0.4, -0.2) is 72.7 Å². The Kier molecular flexibility index (Phi) is 7.17. The minimum absolute atomic E-state index is 0.132. The molecule has 2 aliphatic rings. The van der Waals surface area contributed by atoms with Crippen molar-refractivity contribution in [3.8, 4) is 0 Å². The van der Waals surface area contributed by atoms with Gasteiger partial charge in [-0.15, -0.1) is 0 Å². The van der Waals surface area contributed by atoms with Crippen LogP contribution in [0.1, 0.15) is 27.2 Å².